The second-order valence-electron chi connectivity index (χ2n) is 6.18. The van der Waals surface area contributed by atoms with Crippen molar-refractivity contribution in [3.63, 3.8) is 0 Å². The van der Waals surface area contributed by atoms with Crippen LogP contribution in [0, 0.1) is 10.1 Å². The molecule has 0 aliphatic rings. The molecule has 0 bridgehead atoms. The van der Waals surface area contributed by atoms with Gasteiger partial charge in [-0.25, -0.2) is 8.42 Å². The summed E-state index contributed by atoms with van der Waals surface area (Å²) in [6.45, 7) is 1.37. The average molecular weight is 458 g/mol. The molecule has 30 heavy (non-hydrogen) atoms. The standard InChI is InChI=1S/C18H20ClN3O7S/c1-11(18(23)20-15-10-13(22(24)25)6-8-17(15)29-3)21(30(4,26)27)12-5-7-16(28-2)14(19)9-12/h5-11H,1-4H3,(H,20,23)/t11-/m0/s1. The zero-order valence-corrected chi connectivity index (χ0v) is 18.2. The van der Waals surface area contributed by atoms with Crippen molar-refractivity contribution in [3.8, 4) is 11.5 Å². The Kier molecular flexibility index (Phi) is 7.11. The van der Waals surface area contributed by atoms with Gasteiger partial charge in [0.15, 0.2) is 0 Å². The number of nitrogens with zero attached hydrogens (tertiary/aromatic N) is 2. The van der Waals surface area contributed by atoms with Crippen LogP contribution in [0.5, 0.6) is 11.5 Å². The Hall–Kier alpha value is -3.05. The van der Waals surface area contributed by atoms with E-state index in [-0.39, 0.29) is 27.8 Å². The van der Waals surface area contributed by atoms with Gasteiger partial charge in [-0.05, 0) is 31.2 Å². The number of non-ortho nitro benzene ring substituents is 1. The highest BCUT2D eigenvalue weighted by atomic mass is 35.5. The molecule has 162 valence electrons. The van der Waals surface area contributed by atoms with Crippen LogP contribution < -0.4 is 19.1 Å². The van der Waals surface area contributed by atoms with Crippen LogP contribution in [0.4, 0.5) is 17.1 Å². The summed E-state index contributed by atoms with van der Waals surface area (Å²) in [5, 5.41) is 13.7. The van der Waals surface area contributed by atoms with Gasteiger partial charge in [0.05, 0.1) is 41.8 Å². The van der Waals surface area contributed by atoms with Gasteiger partial charge in [-0.3, -0.25) is 19.2 Å². The fourth-order valence-electron chi connectivity index (χ4n) is 2.75. The van der Waals surface area contributed by atoms with Gasteiger partial charge < -0.3 is 14.8 Å². The van der Waals surface area contributed by atoms with E-state index < -0.39 is 26.9 Å². The van der Waals surface area contributed by atoms with Crippen molar-refractivity contribution >= 4 is 44.6 Å². The molecule has 2 aromatic carbocycles. The summed E-state index contributed by atoms with van der Waals surface area (Å²) in [6, 6.07) is 6.75. The molecule has 10 nitrogen and oxygen atoms in total. The molecule has 0 unspecified atom stereocenters. The molecule has 0 heterocycles. The number of ether oxygens (including phenoxy) is 2. The van der Waals surface area contributed by atoms with Crippen LogP contribution in [0.15, 0.2) is 36.4 Å². The molecular formula is C18H20ClN3O7S. The molecule has 0 radical (unpaired) electrons. The average Bonchev–Trinajstić information content (AvgIpc) is 2.66. The van der Waals surface area contributed by atoms with E-state index in [1.54, 1.807) is 0 Å². The lowest BCUT2D eigenvalue weighted by molar-refractivity contribution is -0.384. The van der Waals surface area contributed by atoms with Gasteiger partial charge in [0.2, 0.25) is 15.9 Å². The molecule has 12 heteroatoms. The third-order valence-corrected chi connectivity index (χ3v) is 5.67. The number of carbonyl (C=O) groups is 1. The highest BCUT2D eigenvalue weighted by molar-refractivity contribution is 7.92. The number of halogens is 1. The fourth-order valence-corrected chi connectivity index (χ4v) is 4.16. The van der Waals surface area contributed by atoms with E-state index in [2.05, 4.69) is 5.32 Å². The quantitative estimate of drug-likeness (QED) is 0.476. The van der Waals surface area contributed by atoms with E-state index in [1.165, 1.54) is 51.5 Å². The molecule has 1 amide bonds. The Balaban J connectivity index is 2.41. The maximum atomic E-state index is 12.8. The van der Waals surface area contributed by atoms with Crippen LogP contribution in [-0.4, -0.2) is 45.8 Å². The van der Waals surface area contributed by atoms with Crippen LogP contribution in [0.3, 0.4) is 0 Å². The second kappa shape index (κ2) is 9.18. The van der Waals surface area contributed by atoms with Crippen molar-refractivity contribution < 1.29 is 27.6 Å². The van der Waals surface area contributed by atoms with Gasteiger partial charge in [-0.1, -0.05) is 11.6 Å². The number of carbonyl (C=O) groups excluding carboxylic acids is 1. The third kappa shape index (κ3) is 5.10. The number of sulfonamides is 1. The Morgan fingerprint density at radius 2 is 1.77 bits per heavy atom. The first-order valence-corrected chi connectivity index (χ1v) is 10.7. The number of hydrogen-bond donors (Lipinski definition) is 1. The van der Waals surface area contributed by atoms with E-state index in [0.717, 1.165) is 16.6 Å². The molecule has 0 aliphatic carbocycles. The molecule has 0 aliphatic heterocycles. The first-order chi connectivity index (χ1) is 14.0. The number of nitrogens with one attached hydrogen (secondary N) is 1. The van der Waals surface area contributed by atoms with Crippen LogP contribution in [0.1, 0.15) is 6.92 Å². The Bertz CT molecular complexity index is 1080. The first kappa shape index (κ1) is 23.2. The number of methoxy groups -OCH3 is 2. The predicted molar refractivity (Wildman–Crippen MR) is 113 cm³/mol. The number of hydrogen-bond acceptors (Lipinski definition) is 7. The number of anilines is 2. The van der Waals surface area contributed by atoms with Crippen molar-refractivity contribution in [2.45, 2.75) is 13.0 Å². The normalized spacial score (nSPS) is 12.0. The summed E-state index contributed by atoms with van der Waals surface area (Å²) in [6.07, 6.45) is 0.947. The molecule has 0 aromatic heterocycles. The molecule has 0 fully saturated rings. The topological polar surface area (TPSA) is 128 Å². The summed E-state index contributed by atoms with van der Waals surface area (Å²) in [4.78, 5) is 23.2. The lowest BCUT2D eigenvalue weighted by Gasteiger charge is -2.28. The van der Waals surface area contributed by atoms with Crippen LogP contribution >= 0.6 is 11.6 Å². The maximum Gasteiger partial charge on any atom is 0.271 e. The highest BCUT2D eigenvalue weighted by Crippen LogP contribution is 2.32. The Labute approximate surface area is 178 Å². The van der Waals surface area contributed by atoms with E-state index >= 15 is 0 Å². The zero-order valence-electron chi connectivity index (χ0n) is 16.6. The van der Waals surface area contributed by atoms with Gasteiger partial charge in [0.25, 0.3) is 5.69 Å². The van der Waals surface area contributed by atoms with Gasteiger partial charge in [0, 0.05) is 12.1 Å². The van der Waals surface area contributed by atoms with E-state index in [1.807, 2.05) is 0 Å². The van der Waals surface area contributed by atoms with Crippen molar-refractivity contribution in [2.75, 3.05) is 30.1 Å². The van der Waals surface area contributed by atoms with Crippen molar-refractivity contribution in [1.82, 2.24) is 0 Å². The van der Waals surface area contributed by atoms with Gasteiger partial charge in [-0.15, -0.1) is 0 Å². The molecule has 0 saturated carbocycles. The van der Waals surface area contributed by atoms with Crippen LogP contribution in [-0.2, 0) is 14.8 Å². The molecule has 2 aromatic rings. The minimum Gasteiger partial charge on any atom is -0.495 e. The van der Waals surface area contributed by atoms with E-state index in [4.69, 9.17) is 21.1 Å². The number of amides is 1. The lowest BCUT2D eigenvalue weighted by atomic mass is 10.2. The summed E-state index contributed by atoms with van der Waals surface area (Å²) in [5.74, 6) is -0.210. The second-order valence-corrected chi connectivity index (χ2v) is 8.45. The largest absolute Gasteiger partial charge is 0.495 e. The zero-order chi connectivity index (χ0) is 22.6. The van der Waals surface area contributed by atoms with E-state index in [9.17, 15) is 23.3 Å². The molecule has 0 spiro atoms. The number of rotatable bonds is 8. The summed E-state index contributed by atoms with van der Waals surface area (Å²) < 4.78 is 35.9. The number of nitro benzene ring substituents is 1. The monoisotopic (exact) mass is 457 g/mol. The SMILES string of the molecule is COc1ccc(N([C@@H](C)C(=O)Nc2cc([N+](=O)[O-])ccc2OC)S(C)(=O)=O)cc1Cl. The third-order valence-electron chi connectivity index (χ3n) is 4.13. The summed E-state index contributed by atoms with van der Waals surface area (Å²) in [7, 11) is -1.14. The molecular weight excluding hydrogens is 438 g/mol. The summed E-state index contributed by atoms with van der Waals surface area (Å²) >= 11 is 6.10. The maximum absolute atomic E-state index is 12.8. The fraction of sp³-hybridized carbons (Fsp3) is 0.278. The smallest absolute Gasteiger partial charge is 0.271 e. The van der Waals surface area contributed by atoms with Crippen molar-refractivity contribution in [2.24, 2.45) is 0 Å². The molecule has 2 rings (SSSR count). The van der Waals surface area contributed by atoms with Crippen molar-refractivity contribution in [1.29, 1.82) is 0 Å². The van der Waals surface area contributed by atoms with Crippen LogP contribution in [0.25, 0.3) is 0 Å². The predicted octanol–water partition coefficient (Wildman–Crippen LogP) is 3.06. The molecule has 1 atom stereocenters. The van der Waals surface area contributed by atoms with Gasteiger partial charge in [0.1, 0.15) is 17.5 Å². The van der Waals surface area contributed by atoms with Crippen molar-refractivity contribution in [3.05, 3.63) is 51.5 Å². The Morgan fingerprint density at radius 1 is 1.17 bits per heavy atom. The minimum atomic E-state index is -3.89. The first-order valence-electron chi connectivity index (χ1n) is 8.45. The van der Waals surface area contributed by atoms with Gasteiger partial charge in [-0.2, -0.15) is 0 Å². The van der Waals surface area contributed by atoms with E-state index in [0.29, 0.717) is 5.75 Å². The number of benzene rings is 2. The Morgan fingerprint density at radius 3 is 2.27 bits per heavy atom. The minimum absolute atomic E-state index is 0.0322. The molecule has 0 saturated heterocycles. The highest BCUT2D eigenvalue weighted by Gasteiger charge is 2.30. The lowest BCUT2D eigenvalue weighted by Crippen LogP contribution is -2.45. The summed E-state index contributed by atoms with van der Waals surface area (Å²) in [5.41, 5.74) is -0.0811. The van der Waals surface area contributed by atoms with Crippen LogP contribution in [0.2, 0.25) is 5.02 Å². The number of nitro groups is 1. The molecule has 1 N–H and O–H groups in total. The van der Waals surface area contributed by atoms with Gasteiger partial charge >= 0.3 is 0 Å².